The second-order valence-electron chi connectivity index (χ2n) is 4.31. The minimum atomic E-state index is -0.317. The van der Waals surface area contributed by atoms with Crippen molar-refractivity contribution in [1.29, 1.82) is 0 Å². The summed E-state index contributed by atoms with van der Waals surface area (Å²) in [4.78, 5) is 19.6. The third-order valence-electron chi connectivity index (χ3n) is 2.76. The Hall–Kier alpha value is -1.07. The van der Waals surface area contributed by atoms with E-state index in [2.05, 4.69) is 9.97 Å². The summed E-state index contributed by atoms with van der Waals surface area (Å²) in [6.45, 7) is 2.13. The second-order valence-corrected chi connectivity index (χ2v) is 4.69. The molecule has 0 atom stereocenters. The molecule has 0 unspecified atom stereocenters. The number of nitrogens with zero attached hydrogens (tertiary/aromatic N) is 2. The van der Waals surface area contributed by atoms with Gasteiger partial charge < -0.3 is 14.6 Å². The van der Waals surface area contributed by atoms with Crippen molar-refractivity contribution in [2.24, 2.45) is 5.92 Å². The fourth-order valence-electron chi connectivity index (χ4n) is 1.48. The first kappa shape index (κ1) is 12.4. The number of hydrogen-bond acceptors (Lipinski definition) is 4. The Morgan fingerprint density at radius 1 is 1.65 bits per heavy atom. The van der Waals surface area contributed by atoms with Crippen molar-refractivity contribution in [1.82, 2.24) is 9.97 Å². The van der Waals surface area contributed by atoms with Crippen LogP contribution < -0.4 is 10.5 Å². The number of ether oxygens (including phenoxy) is 1. The van der Waals surface area contributed by atoms with Crippen LogP contribution >= 0.6 is 11.6 Å². The minimum Gasteiger partial charge on any atom is -0.379 e. The summed E-state index contributed by atoms with van der Waals surface area (Å²) in [5.74, 6) is 1.26. The lowest BCUT2D eigenvalue weighted by molar-refractivity contribution is 0.131. The normalized spacial score (nSPS) is 14.9. The van der Waals surface area contributed by atoms with E-state index in [4.69, 9.17) is 16.3 Å². The quantitative estimate of drug-likeness (QED) is 0.780. The molecule has 0 saturated heterocycles. The molecule has 0 aromatic carbocycles. The van der Waals surface area contributed by atoms with Gasteiger partial charge in [0.05, 0.1) is 12.9 Å². The maximum atomic E-state index is 11.3. The van der Waals surface area contributed by atoms with Crippen molar-refractivity contribution in [3.63, 3.8) is 0 Å². The van der Waals surface area contributed by atoms with E-state index in [0.717, 1.165) is 12.5 Å². The second kappa shape index (κ2) is 5.51. The van der Waals surface area contributed by atoms with Crippen LogP contribution in [-0.4, -0.2) is 36.8 Å². The van der Waals surface area contributed by atoms with E-state index in [0.29, 0.717) is 19.0 Å². The molecule has 0 aliphatic heterocycles. The predicted octanol–water partition coefficient (Wildman–Crippen LogP) is 1.29. The molecule has 1 heterocycles. The van der Waals surface area contributed by atoms with Gasteiger partial charge in [0.1, 0.15) is 5.02 Å². The number of H-pyrrole nitrogens is 1. The Morgan fingerprint density at radius 3 is 3.12 bits per heavy atom. The first-order chi connectivity index (χ1) is 8.18. The number of anilines is 1. The van der Waals surface area contributed by atoms with Gasteiger partial charge in [-0.3, -0.25) is 4.79 Å². The lowest BCUT2D eigenvalue weighted by Crippen LogP contribution is -2.26. The lowest BCUT2D eigenvalue weighted by atomic mass is 10.4. The highest BCUT2D eigenvalue weighted by atomic mass is 35.5. The molecule has 1 N–H and O–H groups in total. The van der Waals surface area contributed by atoms with Gasteiger partial charge in [0.25, 0.3) is 5.56 Å². The Labute approximate surface area is 105 Å². The first-order valence-corrected chi connectivity index (χ1v) is 6.08. The number of rotatable bonds is 6. The number of halogens is 1. The number of hydrogen-bond donors (Lipinski definition) is 1. The molecule has 5 nitrogen and oxygen atoms in total. The SMILES string of the molecule is CN(CCOCC1CC1)c1nc[nH]c(=O)c1Cl. The molecule has 1 aliphatic carbocycles. The van der Waals surface area contributed by atoms with Crippen molar-refractivity contribution in [3.05, 3.63) is 21.7 Å². The van der Waals surface area contributed by atoms with Gasteiger partial charge in [-0.2, -0.15) is 0 Å². The number of aromatic nitrogens is 2. The summed E-state index contributed by atoms with van der Waals surface area (Å²) in [6.07, 6.45) is 3.93. The van der Waals surface area contributed by atoms with E-state index in [1.54, 1.807) is 0 Å². The van der Waals surface area contributed by atoms with Gasteiger partial charge in [0.15, 0.2) is 5.82 Å². The minimum absolute atomic E-state index is 0.122. The van der Waals surface area contributed by atoms with Crippen molar-refractivity contribution in [2.75, 3.05) is 31.7 Å². The predicted molar refractivity (Wildman–Crippen MR) is 66.7 cm³/mol. The molecule has 1 aromatic rings. The van der Waals surface area contributed by atoms with E-state index >= 15 is 0 Å². The van der Waals surface area contributed by atoms with E-state index in [1.807, 2.05) is 11.9 Å². The van der Waals surface area contributed by atoms with Gasteiger partial charge in [-0.1, -0.05) is 11.6 Å². The van der Waals surface area contributed by atoms with Crippen LogP contribution in [0.5, 0.6) is 0 Å². The smallest absolute Gasteiger partial charge is 0.271 e. The third-order valence-corrected chi connectivity index (χ3v) is 3.10. The van der Waals surface area contributed by atoms with Crippen molar-refractivity contribution in [3.8, 4) is 0 Å². The zero-order valence-electron chi connectivity index (χ0n) is 9.78. The van der Waals surface area contributed by atoms with Crippen LogP contribution in [0.25, 0.3) is 0 Å². The molecule has 1 aliphatic rings. The Kier molecular flexibility index (Phi) is 4.02. The van der Waals surface area contributed by atoms with Gasteiger partial charge >= 0.3 is 0 Å². The summed E-state index contributed by atoms with van der Waals surface area (Å²) < 4.78 is 5.52. The third kappa shape index (κ3) is 3.44. The monoisotopic (exact) mass is 257 g/mol. The highest BCUT2D eigenvalue weighted by Gasteiger charge is 2.21. The van der Waals surface area contributed by atoms with E-state index in [-0.39, 0.29) is 10.6 Å². The average molecular weight is 258 g/mol. The molecule has 0 amide bonds. The molecule has 1 saturated carbocycles. The highest BCUT2D eigenvalue weighted by Crippen LogP contribution is 2.28. The fraction of sp³-hybridized carbons (Fsp3) is 0.636. The highest BCUT2D eigenvalue weighted by molar-refractivity contribution is 6.32. The molecule has 1 fully saturated rings. The van der Waals surface area contributed by atoms with Crippen molar-refractivity contribution < 1.29 is 4.74 Å². The van der Waals surface area contributed by atoms with Gasteiger partial charge in [-0.25, -0.2) is 4.98 Å². The molecule has 2 rings (SSSR count). The van der Waals surface area contributed by atoms with Crippen LogP contribution in [0.4, 0.5) is 5.82 Å². The molecule has 17 heavy (non-hydrogen) atoms. The van der Waals surface area contributed by atoms with Crippen molar-refractivity contribution >= 4 is 17.4 Å². The maximum Gasteiger partial charge on any atom is 0.271 e. The van der Waals surface area contributed by atoms with Gasteiger partial charge in [-0.05, 0) is 18.8 Å². The van der Waals surface area contributed by atoms with Gasteiger partial charge in [-0.15, -0.1) is 0 Å². The summed E-state index contributed by atoms with van der Waals surface area (Å²) in [7, 11) is 1.84. The Morgan fingerprint density at radius 2 is 2.41 bits per heavy atom. The van der Waals surface area contributed by atoms with Crippen LogP contribution in [0.2, 0.25) is 5.02 Å². The Bertz CT molecular complexity index is 431. The number of nitrogens with one attached hydrogen (secondary N) is 1. The van der Waals surface area contributed by atoms with E-state index < -0.39 is 0 Å². The van der Waals surface area contributed by atoms with E-state index in [9.17, 15) is 4.79 Å². The molecule has 0 spiro atoms. The molecule has 94 valence electrons. The van der Waals surface area contributed by atoms with Crippen LogP contribution in [0.3, 0.4) is 0 Å². The van der Waals surface area contributed by atoms with Crippen LogP contribution in [0.15, 0.2) is 11.1 Å². The van der Waals surface area contributed by atoms with Crippen LogP contribution in [-0.2, 0) is 4.74 Å². The van der Waals surface area contributed by atoms with Crippen LogP contribution in [0.1, 0.15) is 12.8 Å². The molecule has 6 heteroatoms. The molecule has 0 bridgehead atoms. The van der Waals surface area contributed by atoms with Gasteiger partial charge in [0.2, 0.25) is 0 Å². The first-order valence-electron chi connectivity index (χ1n) is 5.70. The topological polar surface area (TPSA) is 58.2 Å². The van der Waals surface area contributed by atoms with E-state index in [1.165, 1.54) is 19.2 Å². The Balaban J connectivity index is 1.83. The van der Waals surface area contributed by atoms with Crippen molar-refractivity contribution in [2.45, 2.75) is 12.8 Å². The zero-order valence-corrected chi connectivity index (χ0v) is 10.5. The van der Waals surface area contributed by atoms with Crippen LogP contribution in [0, 0.1) is 5.92 Å². The standard InChI is InChI=1S/C11H16ClN3O2/c1-15(4-5-17-6-8-2-3-8)10-9(12)11(16)14-7-13-10/h7-8H,2-6H2,1H3,(H,13,14,16). The maximum absolute atomic E-state index is 11.3. The summed E-state index contributed by atoms with van der Waals surface area (Å²) in [5.41, 5.74) is -0.317. The molecular weight excluding hydrogens is 242 g/mol. The summed E-state index contributed by atoms with van der Waals surface area (Å²) >= 11 is 5.87. The fourth-order valence-corrected chi connectivity index (χ4v) is 1.73. The number of likely N-dealkylation sites (N-methyl/N-ethyl adjacent to an activating group) is 1. The van der Waals surface area contributed by atoms with Gasteiger partial charge in [0, 0.05) is 20.2 Å². The molecular formula is C11H16ClN3O2. The zero-order chi connectivity index (χ0) is 12.3. The average Bonchev–Trinajstić information content (AvgIpc) is 3.12. The summed E-state index contributed by atoms with van der Waals surface area (Å²) in [6, 6.07) is 0. The largest absolute Gasteiger partial charge is 0.379 e. The lowest BCUT2D eigenvalue weighted by Gasteiger charge is -2.18. The number of aromatic amines is 1. The molecule has 1 aromatic heterocycles. The summed E-state index contributed by atoms with van der Waals surface area (Å²) in [5, 5.41) is 0.122. The molecule has 0 radical (unpaired) electrons.